The number of aryl methyl sites for hydroxylation is 1. The average Bonchev–Trinajstić information content (AvgIpc) is 2.50. The van der Waals surface area contributed by atoms with Gasteiger partial charge in [0.1, 0.15) is 5.75 Å². The molecule has 0 aliphatic heterocycles. The Bertz CT molecular complexity index is 589. The lowest BCUT2D eigenvalue weighted by Crippen LogP contribution is -2.34. The summed E-state index contributed by atoms with van der Waals surface area (Å²) >= 11 is 0. The zero-order chi connectivity index (χ0) is 13.9. The van der Waals surface area contributed by atoms with Gasteiger partial charge < -0.3 is 10.5 Å². The van der Waals surface area contributed by atoms with Crippen LogP contribution in [0.3, 0.4) is 0 Å². The number of fused-ring (bicyclic) bond motifs is 1. The zero-order valence-electron chi connectivity index (χ0n) is 12.7. The van der Waals surface area contributed by atoms with Crippen molar-refractivity contribution in [3.8, 4) is 5.75 Å². The number of rotatable bonds is 3. The molecule has 0 saturated heterocycles. The standard InChI is InChI=1S/C18H21NO.2ClH/c1-20-15-8-9-16-14(12-15)7-10-18(19)17(16)11-13-5-3-2-4-6-13;;/h2-6,8-9,12,17-18H,7,10-11,19H2,1H3;2*1H. The van der Waals surface area contributed by atoms with Gasteiger partial charge in [-0.15, -0.1) is 24.8 Å². The molecule has 22 heavy (non-hydrogen) atoms. The van der Waals surface area contributed by atoms with Gasteiger partial charge in [0, 0.05) is 12.0 Å². The minimum absolute atomic E-state index is 0. The zero-order valence-corrected chi connectivity index (χ0v) is 14.3. The van der Waals surface area contributed by atoms with Crippen LogP contribution in [-0.4, -0.2) is 13.2 Å². The lowest BCUT2D eigenvalue weighted by molar-refractivity contribution is 0.411. The maximum absolute atomic E-state index is 6.38. The van der Waals surface area contributed by atoms with E-state index in [1.165, 1.54) is 16.7 Å². The van der Waals surface area contributed by atoms with E-state index >= 15 is 0 Å². The monoisotopic (exact) mass is 339 g/mol. The fraction of sp³-hybridized carbons (Fsp3) is 0.333. The van der Waals surface area contributed by atoms with Gasteiger partial charge in [-0.05, 0) is 48.1 Å². The van der Waals surface area contributed by atoms with Crippen LogP contribution >= 0.6 is 24.8 Å². The van der Waals surface area contributed by atoms with E-state index < -0.39 is 0 Å². The maximum atomic E-state index is 6.38. The Hall–Kier alpha value is -1.22. The van der Waals surface area contributed by atoms with Gasteiger partial charge in [-0.25, -0.2) is 0 Å². The van der Waals surface area contributed by atoms with Gasteiger partial charge in [-0.1, -0.05) is 36.4 Å². The Balaban J connectivity index is 0.00000121. The molecule has 0 heterocycles. The lowest BCUT2D eigenvalue weighted by atomic mass is 9.76. The molecule has 4 heteroatoms. The SMILES string of the molecule is COc1ccc2c(c1)CCC(N)C2Cc1ccccc1.Cl.Cl. The average molecular weight is 340 g/mol. The number of benzene rings is 2. The van der Waals surface area contributed by atoms with E-state index in [1.807, 2.05) is 0 Å². The Morgan fingerprint density at radius 1 is 1.09 bits per heavy atom. The van der Waals surface area contributed by atoms with E-state index in [1.54, 1.807) is 7.11 Å². The van der Waals surface area contributed by atoms with Gasteiger partial charge >= 0.3 is 0 Å². The topological polar surface area (TPSA) is 35.2 Å². The normalized spacial score (nSPS) is 19.4. The Morgan fingerprint density at radius 2 is 1.82 bits per heavy atom. The van der Waals surface area contributed by atoms with Crippen molar-refractivity contribution in [3.63, 3.8) is 0 Å². The summed E-state index contributed by atoms with van der Waals surface area (Å²) in [6.07, 6.45) is 3.12. The van der Waals surface area contributed by atoms with Crippen LogP contribution in [0, 0.1) is 0 Å². The summed E-state index contributed by atoms with van der Waals surface area (Å²) in [6, 6.07) is 17.3. The van der Waals surface area contributed by atoms with Gasteiger partial charge in [0.2, 0.25) is 0 Å². The molecular weight excluding hydrogens is 317 g/mol. The van der Waals surface area contributed by atoms with E-state index in [0.29, 0.717) is 5.92 Å². The molecule has 120 valence electrons. The van der Waals surface area contributed by atoms with Crippen molar-refractivity contribution < 1.29 is 4.74 Å². The molecule has 0 saturated carbocycles. The van der Waals surface area contributed by atoms with Crippen molar-refractivity contribution in [2.45, 2.75) is 31.2 Å². The number of nitrogens with two attached hydrogens (primary N) is 1. The van der Waals surface area contributed by atoms with Gasteiger partial charge in [-0.2, -0.15) is 0 Å². The third-order valence-corrected chi connectivity index (χ3v) is 4.31. The van der Waals surface area contributed by atoms with Crippen molar-refractivity contribution in [2.24, 2.45) is 5.73 Å². The van der Waals surface area contributed by atoms with E-state index in [2.05, 4.69) is 48.5 Å². The van der Waals surface area contributed by atoms with Gasteiger partial charge in [0.05, 0.1) is 7.11 Å². The van der Waals surface area contributed by atoms with Crippen molar-refractivity contribution in [3.05, 3.63) is 65.2 Å². The second kappa shape index (κ2) is 8.42. The molecule has 0 aromatic heterocycles. The number of halogens is 2. The first-order valence-electron chi connectivity index (χ1n) is 7.24. The summed E-state index contributed by atoms with van der Waals surface area (Å²) in [5.41, 5.74) is 10.5. The largest absolute Gasteiger partial charge is 0.497 e. The number of ether oxygens (including phenoxy) is 1. The minimum atomic E-state index is 0. The molecule has 2 aromatic carbocycles. The number of hydrogen-bond acceptors (Lipinski definition) is 2. The second-order valence-electron chi connectivity index (χ2n) is 5.56. The summed E-state index contributed by atoms with van der Waals surface area (Å²) in [7, 11) is 1.72. The van der Waals surface area contributed by atoms with E-state index in [9.17, 15) is 0 Å². The van der Waals surface area contributed by atoms with Crippen LogP contribution in [0.5, 0.6) is 5.75 Å². The van der Waals surface area contributed by atoms with Crippen LogP contribution in [0.4, 0.5) is 0 Å². The van der Waals surface area contributed by atoms with Gasteiger partial charge in [-0.3, -0.25) is 0 Å². The summed E-state index contributed by atoms with van der Waals surface area (Å²) in [5.74, 6) is 1.35. The van der Waals surface area contributed by atoms with Crippen LogP contribution in [0.15, 0.2) is 48.5 Å². The summed E-state index contributed by atoms with van der Waals surface area (Å²) in [5, 5.41) is 0. The van der Waals surface area contributed by atoms with Crippen LogP contribution in [-0.2, 0) is 12.8 Å². The van der Waals surface area contributed by atoms with Crippen molar-refractivity contribution in [2.75, 3.05) is 7.11 Å². The smallest absolute Gasteiger partial charge is 0.119 e. The highest BCUT2D eigenvalue weighted by molar-refractivity contribution is 5.85. The third-order valence-electron chi connectivity index (χ3n) is 4.31. The van der Waals surface area contributed by atoms with E-state index in [4.69, 9.17) is 10.5 Å². The molecule has 0 bridgehead atoms. The van der Waals surface area contributed by atoms with E-state index in [0.717, 1.165) is 25.0 Å². The highest BCUT2D eigenvalue weighted by atomic mass is 35.5. The minimum Gasteiger partial charge on any atom is -0.497 e. The molecule has 2 unspecified atom stereocenters. The molecule has 0 spiro atoms. The van der Waals surface area contributed by atoms with Crippen LogP contribution in [0.1, 0.15) is 29.0 Å². The molecule has 0 amide bonds. The molecule has 3 rings (SSSR count). The fourth-order valence-corrected chi connectivity index (χ4v) is 3.17. The Morgan fingerprint density at radius 3 is 2.50 bits per heavy atom. The van der Waals surface area contributed by atoms with Gasteiger partial charge in [0.25, 0.3) is 0 Å². The van der Waals surface area contributed by atoms with E-state index in [-0.39, 0.29) is 30.9 Å². The fourth-order valence-electron chi connectivity index (χ4n) is 3.17. The third kappa shape index (κ3) is 3.95. The molecule has 2 nitrogen and oxygen atoms in total. The summed E-state index contributed by atoms with van der Waals surface area (Å²) in [6.45, 7) is 0. The highest BCUT2D eigenvalue weighted by Crippen LogP contribution is 2.35. The Kier molecular flexibility index (Phi) is 7.21. The van der Waals surface area contributed by atoms with Crippen molar-refractivity contribution >= 4 is 24.8 Å². The van der Waals surface area contributed by atoms with Gasteiger partial charge in [0.15, 0.2) is 0 Å². The van der Waals surface area contributed by atoms with Crippen LogP contribution in [0.2, 0.25) is 0 Å². The van der Waals surface area contributed by atoms with Crippen molar-refractivity contribution in [1.82, 2.24) is 0 Å². The molecule has 2 atom stereocenters. The molecule has 1 aliphatic carbocycles. The predicted octanol–water partition coefficient (Wildman–Crippen LogP) is 4.14. The summed E-state index contributed by atoms with van der Waals surface area (Å²) in [4.78, 5) is 0. The molecule has 2 aromatic rings. The molecule has 0 radical (unpaired) electrons. The first-order valence-corrected chi connectivity index (χ1v) is 7.24. The lowest BCUT2D eigenvalue weighted by Gasteiger charge is -2.31. The molecular formula is C18H23Cl2NO. The molecule has 2 N–H and O–H groups in total. The maximum Gasteiger partial charge on any atom is 0.119 e. The molecule has 0 fully saturated rings. The Labute approximate surface area is 144 Å². The number of methoxy groups -OCH3 is 1. The highest BCUT2D eigenvalue weighted by Gasteiger charge is 2.27. The molecule has 1 aliphatic rings. The second-order valence-corrected chi connectivity index (χ2v) is 5.56. The first kappa shape index (κ1) is 18.8. The first-order chi connectivity index (χ1) is 9.78. The predicted molar refractivity (Wildman–Crippen MR) is 96.7 cm³/mol. The van der Waals surface area contributed by atoms with Crippen LogP contribution < -0.4 is 10.5 Å². The van der Waals surface area contributed by atoms with Crippen LogP contribution in [0.25, 0.3) is 0 Å². The van der Waals surface area contributed by atoms with Crippen molar-refractivity contribution in [1.29, 1.82) is 0 Å². The quantitative estimate of drug-likeness (QED) is 0.911. The number of hydrogen-bond donors (Lipinski definition) is 1. The summed E-state index contributed by atoms with van der Waals surface area (Å²) < 4.78 is 5.33.